The Balaban J connectivity index is 0.00000625. The van der Waals surface area contributed by atoms with E-state index in [2.05, 4.69) is 29.5 Å². The Kier molecular flexibility index (Phi) is 13.9. The first kappa shape index (κ1) is 25.9. The van der Waals surface area contributed by atoms with Crippen molar-refractivity contribution in [1.29, 1.82) is 0 Å². The first-order chi connectivity index (χ1) is 11.8. The minimum atomic E-state index is -3.05. The quantitative estimate of drug-likeness (QED) is 0.206. The second-order valence-corrected chi connectivity index (χ2v) is 9.06. The molecular formula is C17H37IN4O3S. The van der Waals surface area contributed by atoms with E-state index in [0.29, 0.717) is 24.9 Å². The molecule has 2 N–H and O–H groups in total. The van der Waals surface area contributed by atoms with Gasteiger partial charge in [-0.3, -0.25) is 4.99 Å². The molecule has 7 nitrogen and oxygen atoms in total. The number of ether oxygens (including phenoxy) is 1. The molecule has 1 aliphatic heterocycles. The SMILES string of the molecule is CCNC(=NCC1CCN(S(C)(=O)=O)CC1)NCCCOCC(C)C.I. The van der Waals surface area contributed by atoms with Crippen molar-refractivity contribution in [1.82, 2.24) is 14.9 Å². The van der Waals surface area contributed by atoms with Gasteiger partial charge in [0.15, 0.2) is 5.96 Å². The van der Waals surface area contributed by atoms with Gasteiger partial charge in [0.2, 0.25) is 10.0 Å². The number of rotatable bonds is 10. The van der Waals surface area contributed by atoms with Crippen molar-refractivity contribution in [2.45, 2.75) is 40.0 Å². The minimum Gasteiger partial charge on any atom is -0.381 e. The zero-order chi connectivity index (χ0) is 18.7. The second kappa shape index (κ2) is 14.0. The normalized spacial score (nSPS) is 17.2. The van der Waals surface area contributed by atoms with Crippen LogP contribution in [0.4, 0.5) is 0 Å². The number of nitrogens with one attached hydrogen (secondary N) is 2. The molecule has 1 heterocycles. The third-order valence-electron chi connectivity index (χ3n) is 4.10. The number of hydrogen-bond acceptors (Lipinski definition) is 4. The van der Waals surface area contributed by atoms with Crippen molar-refractivity contribution in [2.75, 3.05) is 52.2 Å². The summed E-state index contributed by atoms with van der Waals surface area (Å²) in [4.78, 5) is 4.66. The fourth-order valence-electron chi connectivity index (χ4n) is 2.69. The van der Waals surface area contributed by atoms with Crippen LogP contribution in [0.3, 0.4) is 0 Å². The molecule has 0 aliphatic carbocycles. The third-order valence-corrected chi connectivity index (χ3v) is 5.41. The highest BCUT2D eigenvalue weighted by atomic mass is 127. The molecule has 0 aromatic rings. The highest BCUT2D eigenvalue weighted by Crippen LogP contribution is 2.19. The summed E-state index contributed by atoms with van der Waals surface area (Å²) in [5, 5.41) is 6.59. The molecule has 1 fully saturated rings. The Morgan fingerprint density at radius 1 is 1.27 bits per heavy atom. The predicted molar refractivity (Wildman–Crippen MR) is 119 cm³/mol. The molecule has 0 saturated carbocycles. The van der Waals surface area contributed by atoms with E-state index in [9.17, 15) is 8.42 Å². The van der Waals surface area contributed by atoms with Crippen molar-refractivity contribution in [3.05, 3.63) is 0 Å². The van der Waals surface area contributed by atoms with Gasteiger partial charge in [-0.1, -0.05) is 13.8 Å². The summed E-state index contributed by atoms with van der Waals surface area (Å²) in [6.07, 6.45) is 3.98. The number of hydrogen-bond donors (Lipinski definition) is 2. The lowest BCUT2D eigenvalue weighted by molar-refractivity contribution is 0.108. The van der Waals surface area contributed by atoms with Crippen molar-refractivity contribution in [3.8, 4) is 0 Å². The van der Waals surface area contributed by atoms with Crippen LogP contribution in [-0.2, 0) is 14.8 Å². The number of guanidine groups is 1. The summed E-state index contributed by atoms with van der Waals surface area (Å²) in [6.45, 7) is 11.5. The van der Waals surface area contributed by atoms with E-state index in [1.165, 1.54) is 6.26 Å². The lowest BCUT2D eigenvalue weighted by Crippen LogP contribution is -2.40. The van der Waals surface area contributed by atoms with Gasteiger partial charge in [0, 0.05) is 45.9 Å². The number of piperidine rings is 1. The van der Waals surface area contributed by atoms with Gasteiger partial charge in [-0.05, 0) is 38.0 Å². The summed E-state index contributed by atoms with van der Waals surface area (Å²) >= 11 is 0. The zero-order valence-corrected chi connectivity index (χ0v) is 19.8. The van der Waals surface area contributed by atoms with E-state index >= 15 is 0 Å². The number of sulfonamides is 1. The van der Waals surface area contributed by atoms with Crippen LogP contribution < -0.4 is 10.6 Å². The Morgan fingerprint density at radius 2 is 1.92 bits per heavy atom. The fourth-order valence-corrected chi connectivity index (χ4v) is 3.56. The first-order valence-electron chi connectivity index (χ1n) is 9.38. The molecule has 0 spiro atoms. The molecule has 0 aromatic heterocycles. The average molecular weight is 504 g/mol. The highest BCUT2D eigenvalue weighted by molar-refractivity contribution is 14.0. The van der Waals surface area contributed by atoms with E-state index in [-0.39, 0.29) is 24.0 Å². The average Bonchev–Trinajstić information content (AvgIpc) is 2.55. The van der Waals surface area contributed by atoms with E-state index in [1.54, 1.807) is 4.31 Å². The largest absolute Gasteiger partial charge is 0.381 e. The lowest BCUT2D eigenvalue weighted by Gasteiger charge is -2.29. The summed E-state index contributed by atoms with van der Waals surface area (Å²) < 4.78 is 30.2. The van der Waals surface area contributed by atoms with E-state index in [1.807, 2.05) is 6.92 Å². The van der Waals surface area contributed by atoms with Gasteiger partial charge in [0.1, 0.15) is 0 Å². The van der Waals surface area contributed by atoms with Crippen LogP contribution in [0.25, 0.3) is 0 Å². The van der Waals surface area contributed by atoms with Crippen LogP contribution in [0.5, 0.6) is 0 Å². The van der Waals surface area contributed by atoms with Gasteiger partial charge in [0.25, 0.3) is 0 Å². The Morgan fingerprint density at radius 3 is 2.46 bits per heavy atom. The molecular weight excluding hydrogens is 467 g/mol. The van der Waals surface area contributed by atoms with Gasteiger partial charge in [-0.25, -0.2) is 12.7 Å². The Hall–Kier alpha value is -0.130. The molecule has 1 rings (SSSR count). The van der Waals surface area contributed by atoms with Gasteiger partial charge >= 0.3 is 0 Å². The minimum absolute atomic E-state index is 0. The van der Waals surface area contributed by atoms with Gasteiger partial charge in [-0.15, -0.1) is 24.0 Å². The van der Waals surface area contributed by atoms with Crippen molar-refractivity contribution in [3.63, 3.8) is 0 Å². The monoisotopic (exact) mass is 504 g/mol. The standard InChI is InChI=1S/C17H36N4O3S.HI/c1-5-18-17(19-9-6-12-24-14-15(2)3)20-13-16-7-10-21(11-8-16)25(4,22)23;/h15-16H,5-14H2,1-4H3,(H2,18,19,20);1H. The molecule has 0 unspecified atom stereocenters. The summed E-state index contributed by atoms with van der Waals surface area (Å²) in [6, 6.07) is 0. The number of aliphatic imine (C=N–C) groups is 1. The predicted octanol–water partition coefficient (Wildman–Crippen LogP) is 1.89. The Labute approximate surface area is 176 Å². The van der Waals surface area contributed by atoms with Crippen LogP contribution in [0.2, 0.25) is 0 Å². The van der Waals surface area contributed by atoms with Crippen LogP contribution in [0, 0.1) is 11.8 Å². The molecule has 0 bridgehead atoms. The van der Waals surface area contributed by atoms with Crippen LogP contribution in [-0.4, -0.2) is 70.9 Å². The van der Waals surface area contributed by atoms with E-state index in [4.69, 9.17) is 4.74 Å². The molecule has 1 saturated heterocycles. The second-order valence-electron chi connectivity index (χ2n) is 7.07. The molecule has 26 heavy (non-hydrogen) atoms. The number of halogens is 1. The van der Waals surface area contributed by atoms with E-state index in [0.717, 1.165) is 58.1 Å². The molecule has 0 amide bonds. The molecule has 0 aromatic carbocycles. The van der Waals surface area contributed by atoms with Crippen molar-refractivity contribution < 1.29 is 13.2 Å². The number of nitrogens with zero attached hydrogens (tertiary/aromatic N) is 2. The molecule has 0 atom stereocenters. The van der Waals surface area contributed by atoms with Crippen LogP contribution >= 0.6 is 24.0 Å². The highest BCUT2D eigenvalue weighted by Gasteiger charge is 2.24. The van der Waals surface area contributed by atoms with Gasteiger partial charge < -0.3 is 15.4 Å². The van der Waals surface area contributed by atoms with Gasteiger partial charge in [0.05, 0.1) is 6.26 Å². The first-order valence-corrected chi connectivity index (χ1v) is 11.2. The van der Waals surface area contributed by atoms with Crippen molar-refractivity contribution >= 4 is 40.0 Å². The summed E-state index contributed by atoms with van der Waals surface area (Å²) in [5.41, 5.74) is 0. The lowest BCUT2D eigenvalue weighted by atomic mass is 9.98. The Bertz CT molecular complexity index is 492. The smallest absolute Gasteiger partial charge is 0.211 e. The maximum absolute atomic E-state index is 11.5. The van der Waals surface area contributed by atoms with Crippen LogP contribution in [0.1, 0.15) is 40.0 Å². The molecule has 156 valence electrons. The maximum atomic E-state index is 11.5. The molecule has 9 heteroatoms. The zero-order valence-electron chi connectivity index (χ0n) is 16.7. The molecule has 1 aliphatic rings. The fraction of sp³-hybridized carbons (Fsp3) is 0.941. The van der Waals surface area contributed by atoms with E-state index < -0.39 is 10.0 Å². The third kappa shape index (κ3) is 11.6. The maximum Gasteiger partial charge on any atom is 0.211 e. The topological polar surface area (TPSA) is 83.0 Å². The van der Waals surface area contributed by atoms with Gasteiger partial charge in [-0.2, -0.15) is 0 Å². The summed E-state index contributed by atoms with van der Waals surface area (Å²) in [5.74, 6) is 1.85. The molecule has 0 radical (unpaired) electrons. The van der Waals surface area contributed by atoms with Crippen LogP contribution in [0.15, 0.2) is 4.99 Å². The summed E-state index contributed by atoms with van der Waals surface area (Å²) in [7, 11) is -3.05. The van der Waals surface area contributed by atoms with Crippen molar-refractivity contribution in [2.24, 2.45) is 16.8 Å².